The van der Waals surface area contributed by atoms with Crippen LogP contribution in [0.4, 0.5) is 14.4 Å². The summed E-state index contributed by atoms with van der Waals surface area (Å²) < 4.78 is 44.5. The Kier molecular flexibility index (Phi) is 5.84. The molecule has 0 aromatic heterocycles. The van der Waals surface area contributed by atoms with Crippen LogP contribution in [0.1, 0.15) is 47.8 Å². The van der Waals surface area contributed by atoms with Gasteiger partial charge in [-0.3, -0.25) is 9.69 Å². The van der Waals surface area contributed by atoms with E-state index in [0.29, 0.717) is 11.8 Å². The summed E-state index contributed by atoms with van der Waals surface area (Å²) in [5, 5.41) is 0. The zero-order valence-electron chi connectivity index (χ0n) is 15.3. The average molecular weight is 375 g/mol. The van der Waals surface area contributed by atoms with Crippen molar-refractivity contribution in [1.29, 1.82) is 0 Å². The minimum Gasteiger partial charge on any atom is -0.443 e. The van der Waals surface area contributed by atoms with Gasteiger partial charge in [-0.15, -0.1) is 0 Å². The number of carbonyl (C=O) groups excluding carboxylic acids is 2. The lowest BCUT2D eigenvalue weighted by atomic mass is 9.96. The Morgan fingerprint density at radius 1 is 1.12 bits per heavy atom. The molecule has 25 heavy (non-hydrogen) atoms. The molecular formula is C16H22FNO6S. The van der Waals surface area contributed by atoms with Crippen LogP contribution in [-0.2, 0) is 15.2 Å². The van der Waals surface area contributed by atoms with E-state index in [0.717, 1.165) is 4.90 Å². The first-order valence-electron chi connectivity index (χ1n) is 7.39. The third-order valence-corrected chi connectivity index (χ3v) is 3.87. The van der Waals surface area contributed by atoms with Gasteiger partial charge in [0.05, 0.1) is 5.69 Å². The highest BCUT2D eigenvalue weighted by Gasteiger charge is 2.28. The number of ether oxygens (including phenoxy) is 1. The van der Waals surface area contributed by atoms with Crippen molar-refractivity contribution in [3.63, 3.8) is 0 Å². The van der Waals surface area contributed by atoms with Crippen LogP contribution in [0.15, 0.2) is 0 Å². The van der Waals surface area contributed by atoms with Gasteiger partial charge in [-0.05, 0) is 47.1 Å². The Bertz CT molecular complexity index is 811. The quantitative estimate of drug-likeness (QED) is 0.592. The lowest BCUT2D eigenvalue weighted by molar-refractivity contribution is 0.0588. The molecule has 140 valence electrons. The molecule has 0 saturated carbocycles. The number of hydrogen-bond donors (Lipinski definition) is 0. The van der Waals surface area contributed by atoms with Crippen molar-refractivity contribution in [3.05, 3.63) is 22.3 Å². The zero-order chi connectivity index (χ0) is 19.7. The first kappa shape index (κ1) is 20.9. The number of aldehydes is 1. The number of nitrogens with zero attached hydrogens (tertiary/aromatic N) is 1. The van der Waals surface area contributed by atoms with Crippen LogP contribution >= 0.6 is 0 Å². The van der Waals surface area contributed by atoms with Crippen LogP contribution in [0.2, 0.25) is 0 Å². The van der Waals surface area contributed by atoms with Gasteiger partial charge in [0.2, 0.25) is 0 Å². The van der Waals surface area contributed by atoms with Crippen molar-refractivity contribution in [1.82, 2.24) is 0 Å². The normalized spacial score (nSPS) is 11.8. The van der Waals surface area contributed by atoms with Gasteiger partial charge in [0.15, 0.2) is 12.0 Å². The molecule has 0 saturated heterocycles. The standard InChI is InChI=1S/C16H22FNO6S/c1-9-12(8-19)10(2)14(24-25(17,21)22)11(3)13(9)18(7)15(20)23-16(4,5)6/h8H,1-7H3. The second-order valence-electron chi connectivity index (χ2n) is 6.60. The molecule has 1 aromatic rings. The van der Waals surface area contributed by atoms with E-state index in [9.17, 15) is 21.9 Å². The van der Waals surface area contributed by atoms with Crippen molar-refractivity contribution in [2.24, 2.45) is 0 Å². The molecule has 1 rings (SSSR count). The first-order chi connectivity index (χ1) is 11.2. The Balaban J connectivity index is 3.62. The molecule has 0 heterocycles. The molecular weight excluding hydrogens is 353 g/mol. The Morgan fingerprint density at radius 3 is 2.04 bits per heavy atom. The van der Waals surface area contributed by atoms with E-state index in [1.165, 1.54) is 20.9 Å². The summed E-state index contributed by atoms with van der Waals surface area (Å²) >= 11 is 0. The molecule has 1 amide bonds. The SMILES string of the molecule is Cc1c(C=O)c(C)c(N(C)C(=O)OC(C)(C)C)c(C)c1OS(=O)(=O)F. The smallest absolute Gasteiger partial charge is 0.443 e. The number of hydrogen-bond acceptors (Lipinski definition) is 6. The fraction of sp³-hybridized carbons (Fsp3) is 0.500. The van der Waals surface area contributed by atoms with E-state index in [1.54, 1.807) is 27.7 Å². The molecule has 0 unspecified atom stereocenters. The van der Waals surface area contributed by atoms with Crippen LogP contribution in [0.5, 0.6) is 5.75 Å². The fourth-order valence-electron chi connectivity index (χ4n) is 2.53. The number of anilines is 1. The van der Waals surface area contributed by atoms with Gasteiger partial charge in [-0.25, -0.2) is 4.79 Å². The highest BCUT2D eigenvalue weighted by atomic mass is 32.3. The molecule has 9 heteroatoms. The molecule has 1 aromatic carbocycles. The molecule has 0 N–H and O–H groups in total. The van der Waals surface area contributed by atoms with Gasteiger partial charge in [0.1, 0.15) is 5.60 Å². The highest BCUT2D eigenvalue weighted by Crippen LogP contribution is 2.38. The maximum absolute atomic E-state index is 13.0. The summed E-state index contributed by atoms with van der Waals surface area (Å²) in [6.45, 7) is 9.55. The topological polar surface area (TPSA) is 90.0 Å². The summed E-state index contributed by atoms with van der Waals surface area (Å²) in [4.78, 5) is 24.9. The number of amides is 1. The van der Waals surface area contributed by atoms with E-state index in [1.807, 2.05) is 0 Å². The van der Waals surface area contributed by atoms with E-state index >= 15 is 0 Å². The van der Waals surface area contributed by atoms with Crippen molar-refractivity contribution in [3.8, 4) is 5.75 Å². The summed E-state index contributed by atoms with van der Waals surface area (Å²) in [6, 6.07) is 0. The third kappa shape index (κ3) is 4.91. The van der Waals surface area contributed by atoms with Crippen molar-refractivity contribution in [2.45, 2.75) is 47.1 Å². The monoisotopic (exact) mass is 375 g/mol. The number of carbonyl (C=O) groups is 2. The molecule has 0 fully saturated rings. The summed E-state index contributed by atoms with van der Waals surface area (Å²) in [5.74, 6) is -0.333. The van der Waals surface area contributed by atoms with Gasteiger partial charge in [-0.2, -0.15) is 8.42 Å². The predicted octanol–water partition coefficient (Wildman–Crippen LogP) is 3.39. The Hall–Kier alpha value is -2.16. The maximum atomic E-state index is 13.0. The molecule has 0 aliphatic rings. The average Bonchev–Trinajstić information content (AvgIpc) is 2.41. The molecule has 0 spiro atoms. The molecule has 0 radical (unpaired) electrons. The predicted molar refractivity (Wildman–Crippen MR) is 91.3 cm³/mol. The summed E-state index contributed by atoms with van der Waals surface area (Å²) in [7, 11) is -3.90. The van der Waals surface area contributed by atoms with E-state index < -0.39 is 22.2 Å². The lowest BCUT2D eigenvalue weighted by Gasteiger charge is -2.28. The molecule has 0 aliphatic carbocycles. The lowest BCUT2D eigenvalue weighted by Crippen LogP contribution is -2.35. The van der Waals surface area contributed by atoms with Gasteiger partial charge >= 0.3 is 16.6 Å². The Labute approximate surface area is 147 Å². The number of rotatable bonds is 4. The van der Waals surface area contributed by atoms with Crippen LogP contribution in [0.25, 0.3) is 0 Å². The minimum atomic E-state index is -5.30. The summed E-state index contributed by atoms with van der Waals surface area (Å²) in [6.07, 6.45) is -0.220. The minimum absolute atomic E-state index is 0.106. The largest absolute Gasteiger partial charge is 0.488 e. The second-order valence-corrected chi connectivity index (χ2v) is 7.55. The molecule has 7 nitrogen and oxygen atoms in total. The first-order valence-corrected chi connectivity index (χ1v) is 8.70. The van der Waals surface area contributed by atoms with Crippen molar-refractivity contribution in [2.75, 3.05) is 11.9 Å². The molecule has 0 aliphatic heterocycles. The van der Waals surface area contributed by atoms with Gasteiger partial charge in [0.25, 0.3) is 0 Å². The van der Waals surface area contributed by atoms with Gasteiger partial charge in [-0.1, -0.05) is 3.89 Å². The van der Waals surface area contributed by atoms with E-state index in [4.69, 9.17) is 4.74 Å². The van der Waals surface area contributed by atoms with Crippen LogP contribution < -0.4 is 9.08 Å². The van der Waals surface area contributed by atoms with Gasteiger partial charge in [0, 0.05) is 23.7 Å². The number of benzene rings is 1. The van der Waals surface area contributed by atoms with Crippen LogP contribution in [0, 0.1) is 20.8 Å². The molecule has 0 atom stereocenters. The number of halogens is 1. The second kappa shape index (κ2) is 6.99. The van der Waals surface area contributed by atoms with E-state index in [-0.39, 0.29) is 28.1 Å². The van der Waals surface area contributed by atoms with Crippen molar-refractivity contribution < 1.29 is 30.8 Å². The van der Waals surface area contributed by atoms with E-state index in [2.05, 4.69) is 4.18 Å². The molecule has 0 bridgehead atoms. The maximum Gasteiger partial charge on any atom is 0.488 e. The van der Waals surface area contributed by atoms with Gasteiger partial charge < -0.3 is 8.92 Å². The zero-order valence-corrected chi connectivity index (χ0v) is 16.1. The highest BCUT2D eigenvalue weighted by molar-refractivity contribution is 7.81. The van der Waals surface area contributed by atoms with Crippen molar-refractivity contribution >= 4 is 28.6 Å². The van der Waals surface area contributed by atoms with Crippen LogP contribution in [-0.4, -0.2) is 33.4 Å². The van der Waals surface area contributed by atoms with Crippen LogP contribution in [0.3, 0.4) is 0 Å². The third-order valence-electron chi connectivity index (χ3n) is 3.50. The fourth-order valence-corrected chi connectivity index (χ4v) is 2.98. The summed E-state index contributed by atoms with van der Waals surface area (Å²) in [5.41, 5.74) is 0.326. The Morgan fingerprint density at radius 2 is 1.64 bits per heavy atom.